The van der Waals surface area contributed by atoms with Crippen LogP contribution in [-0.4, -0.2) is 16.6 Å². The first-order chi connectivity index (χ1) is 7.58. The molecule has 1 aliphatic heterocycles. The Labute approximate surface area is 113 Å². The molecule has 0 saturated carbocycles. The van der Waals surface area contributed by atoms with Gasteiger partial charge in [0.05, 0.1) is 12.2 Å². The van der Waals surface area contributed by atoms with Gasteiger partial charge in [-0.3, -0.25) is 0 Å². The molecule has 16 heavy (non-hydrogen) atoms. The van der Waals surface area contributed by atoms with E-state index < -0.39 is 0 Å². The fourth-order valence-electron chi connectivity index (χ4n) is 2.10. The standard InChI is InChI=1S/C14H23IO/c1-5-13-11(3)6-7-14(16-13)12(4)8-10(2)9-15/h6,8,10,13-14H,5,7,9H2,1-4H3/b12-8+/t10-,13+,14+/m0/s1. The average molecular weight is 334 g/mol. The topological polar surface area (TPSA) is 9.23 Å². The van der Waals surface area contributed by atoms with Gasteiger partial charge in [0.15, 0.2) is 0 Å². The largest absolute Gasteiger partial charge is 0.366 e. The fraction of sp³-hybridized carbons (Fsp3) is 0.714. The third-order valence-corrected chi connectivity index (χ3v) is 4.55. The Balaban J connectivity index is 2.66. The van der Waals surface area contributed by atoms with E-state index in [0.717, 1.165) is 12.8 Å². The summed E-state index contributed by atoms with van der Waals surface area (Å²) in [5, 5.41) is 0. The molecule has 0 amide bonds. The lowest BCUT2D eigenvalue weighted by molar-refractivity contribution is 0.0178. The summed E-state index contributed by atoms with van der Waals surface area (Å²) in [6.45, 7) is 8.83. The molecule has 0 aliphatic carbocycles. The lowest BCUT2D eigenvalue weighted by Crippen LogP contribution is -2.27. The molecule has 0 aromatic carbocycles. The second kappa shape index (κ2) is 6.80. The summed E-state index contributed by atoms with van der Waals surface area (Å²) in [7, 11) is 0. The molecular formula is C14H23IO. The van der Waals surface area contributed by atoms with Crippen molar-refractivity contribution in [3.63, 3.8) is 0 Å². The van der Waals surface area contributed by atoms with Crippen LogP contribution in [0.2, 0.25) is 0 Å². The van der Waals surface area contributed by atoms with E-state index in [1.54, 1.807) is 0 Å². The SMILES string of the molecule is CC[C@H]1O[C@@H](/C(C)=C/[C@H](C)CI)CC=C1C. The third kappa shape index (κ3) is 3.88. The van der Waals surface area contributed by atoms with E-state index in [-0.39, 0.29) is 0 Å². The van der Waals surface area contributed by atoms with Crippen LogP contribution < -0.4 is 0 Å². The van der Waals surface area contributed by atoms with Crippen molar-refractivity contribution in [3.8, 4) is 0 Å². The van der Waals surface area contributed by atoms with Crippen molar-refractivity contribution < 1.29 is 4.74 Å². The van der Waals surface area contributed by atoms with Crippen molar-refractivity contribution in [1.82, 2.24) is 0 Å². The minimum Gasteiger partial charge on any atom is -0.366 e. The molecule has 2 heteroatoms. The maximum atomic E-state index is 6.12. The summed E-state index contributed by atoms with van der Waals surface area (Å²) in [4.78, 5) is 0. The van der Waals surface area contributed by atoms with E-state index in [0.29, 0.717) is 18.1 Å². The van der Waals surface area contributed by atoms with Gasteiger partial charge in [0.1, 0.15) is 0 Å². The van der Waals surface area contributed by atoms with Gasteiger partial charge >= 0.3 is 0 Å². The van der Waals surface area contributed by atoms with Crippen LogP contribution in [0.1, 0.15) is 40.5 Å². The van der Waals surface area contributed by atoms with E-state index in [4.69, 9.17) is 4.74 Å². The Kier molecular flexibility index (Phi) is 6.05. The Morgan fingerprint density at radius 3 is 2.94 bits per heavy atom. The molecule has 0 aromatic heterocycles. The van der Waals surface area contributed by atoms with Gasteiger partial charge in [-0.1, -0.05) is 48.6 Å². The van der Waals surface area contributed by atoms with Gasteiger partial charge < -0.3 is 4.74 Å². The molecule has 92 valence electrons. The molecule has 0 spiro atoms. The predicted molar refractivity (Wildman–Crippen MR) is 79.1 cm³/mol. The minimum absolute atomic E-state index is 0.305. The van der Waals surface area contributed by atoms with E-state index in [1.807, 2.05) is 0 Å². The maximum absolute atomic E-state index is 6.12. The fourth-order valence-corrected chi connectivity index (χ4v) is 2.35. The second-order valence-corrected chi connectivity index (χ2v) is 5.63. The van der Waals surface area contributed by atoms with E-state index in [2.05, 4.69) is 62.4 Å². The molecule has 0 aromatic rings. The van der Waals surface area contributed by atoms with Gasteiger partial charge in [0.25, 0.3) is 0 Å². The zero-order valence-electron chi connectivity index (χ0n) is 10.8. The van der Waals surface area contributed by atoms with Crippen LogP contribution in [0, 0.1) is 5.92 Å². The minimum atomic E-state index is 0.305. The van der Waals surface area contributed by atoms with Gasteiger partial charge in [-0.15, -0.1) is 0 Å². The van der Waals surface area contributed by atoms with Crippen LogP contribution in [0.5, 0.6) is 0 Å². The molecule has 1 nitrogen and oxygen atoms in total. The number of hydrogen-bond acceptors (Lipinski definition) is 1. The lowest BCUT2D eigenvalue weighted by Gasteiger charge is -2.30. The molecule has 0 N–H and O–H groups in total. The predicted octanol–water partition coefficient (Wildman–Crippen LogP) is 4.52. The van der Waals surface area contributed by atoms with Gasteiger partial charge in [0.2, 0.25) is 0 Å². The molecule has 1 rings (SSSR count). The summed E-state index contributed by atoms with van der Waals surface area (Å²) in [6.07, 6.45) is 7.45. The highest BCUT2D eigenvalue weighted by atomic mass is 127. The molecule has 0 saturated heterocycles. The van der Waals surface area contributed by atoms with E-state index >= 15 is 0 Å². The summed E-state index contributed by atoms with van der Waals surface area (Å²) < 4.78 is 7.29. The smallest absolute Gasteiger partial charge is 0.0825 e. The Morgan fingerprint density at radius 1 is 1.69 bits per heavy atom. The first-order valence-electron chi connectivity index (χ1n) is 6.14. The number of hydrogen-bond donors (Lipinski definition) is 0. The van der Waals surface area contributed by atoms with E-state index in [1.165, 1.54) is 15.6 Å². The zero-order valence-corrected chi connectivity index (χ0v) is 13.0. The van der Waals surface area contributed by atoms with Gasteiger partial charge in [-0.2, -0.15) is 0 Å². The number of halogens is 1. The third-order valence-electron chi connectivity index (χ3n) is 3.16. The van der Waals surface area contributed by atoms with Crippen molar-refractivity contribution in [1.29, 1.82) is 0 Å². The van der Waals surface area contributed by atoms with Crippen LogP contribution in [0.25, 0.3) is 0 Å². The molecule has 0 radical (unpaired) electrons. The molecule has 1 aliphatic rings. The van der Waals surface area contributed by atoms with Crippen molar-refractivity contribution >= 4 is 22.6 Å². The highest BCUT2D eigenvalue weighted by Crippen LogP contribution is 2.26. The van der Waals surface area contributed by atoms with Crippen LogP contribution >= 0.6 is 22.6 Å². The average Bonchev–Trinajstić information content (AvgIpc) is 2.29. The zero-order chi connectivity index (χ0) is 12.1. The van der Waals surface area contributed by atoms with Crippen molar-refractivity contribution in [2.24, 2.45) is 5.92 Å². The number of rotatable bonds is 4. The first-order valence-corrected chi connectivity index (χ1v) is 7.67. The molecule has 0 bridgehead atoms. The second-order valence-electron chi connectivity index (χ2n) is 4.75. The maximum Gasteiger partial charge on any atom is 0.0825 e. The van der Waals surface area contributed by atoms with Gasteiger partial charge in [-0.25, -0.2) is 0 Å². The molecule has 1 heterocycles. The summed E-state index contributed by atoms with van der Waals surface area (Å²) in [5.74, 6) is 0.649. The van der Waals surface area contributed by atoms with E-state index in [9.17, 15) is 0 Å². The molecular weight excluding hydrogens is 311 g/mol. The molecule has 0 fully saturated rings. The van der Waals surface area contributed by atoms with Crippen LogP contribution in [0.15, 0.2) is 23.3 Å². The van der Waals surface area contributed by atoms with Gasteiger partial charge in [-0.05, 0) is 43.8 Å². The Hall–Kier alpha value is 0.170. The van der Waals surface area contributed by atoms with Crippen molar-refractivity contribution in [3.05, 3.63) is 23.3 Å². The summed E-state index contributed by atoms with van der Waals surface area (Å²) in [5.41, 5.74) is 2.79. The Morgan fingerprint density at radius 2 is 2.38 bits per heavy atom. The highest BCUT2D eigenvalue weighted by molar-refractivity contribution is 14.1. The summed E-state index contributed by atoms with van der Waals surface area (Å²) in [6, 6.07) is 0. The molecule has 0 unspecified atom stereocenters. The lowest BCUT2D eigenvalue weighted by atomic mass is 9.97. The summed E-state index contributed by atoms with van der Waals surface area (Å²) >= 11 is 2.44. The number of allylic oxidation sites excluding steroid dienone is 1. The first kappa shape index (κ1) is 14.2. The van der Waals surface area contributed by atoms with Crippen LogP contribution in [-0.2, 0) is 4.74 Å². The van der Waals surface area contributed by atoms with Crippen LogP contribution in [0.4, 0.5) is 0 Å². The quantitative estimate of drug-likeness (QED) is 0.417. The van der Waals surface area contributed by atoms with Crippen LogP contribution in [0.3, 0.4) is 0 Å². The van der Waals surface area contributed by atoms with Crippen molar-refractivity contribution in [2.45, 2.75) is 52.7 Å². The van der Waals surface area contributed by atoms with Gasteiger partial charge in [0, 0.05) is 4.43 Å². The monoisotopic (exact) mass is 334 g/mol. The number of alkyl halides is 1. The number of ether oxygens (including phenoxy) is 1. The molecule has 3 atom stereocenters. The highest BCUT2D eigenvalue weighted by Gasteiger charge is 2.22. The normalized spacial score (nSPS) is 28.8. The van der Waals surface area contributed by atoms with Crippen molar-refractivity contribution in [2.75, 3.05) is 4.43 Å². The Bertz CT molecular complexity index is 280.